The molecule has 0 atom stereocenters. The number of benzene rings is 2. The van der Waals surface area contributed by atoms with Gasteiger partial charge in [-0.15, -0.1) is 15.3 Å². The molecule has 0 fully saturated rings. The molecule has 0 aliphatic carbocycles. The second-order valence-electron chi connectivity index (χ2n) is 6.59. The fraction of sp³-hybridized carbons (Fsp3) is 0.0952. The Morgan fingerprint density at radius 3 is 2.53 bits per heavy atom. The Bertz CT molecular complexity index is 1330. The Hall–Kier alpha value is -4.14. The predicted molar refractivity (Wildman–Crippen MR) is 107 cm³/mol. The molecule has 5 rings (SSSR count). The highest BCUT2D eigenvalue weighted by Crippen LogP contribution is 2.31. The summed E-state index contributed by atoms with van der Waals surface area (Å²) < 4.78 is 23.5. The molecule has 0 aliphatic rings. The van der Waals surface area contributed by atoms with Crippen molar-refractivity contribution in [2.45, 2.75) is 6.61 Å². The molecule has 0 bridgehead atoms. The normalized spacial score (nSPS) is 11.1. The predicted octanol–water partition coefficient (Wildman–Crippen LogP) is 3.30. The van der Waals surface area contributed by atoms with Crippen LogP contribution in [0.1, 0.15) is 5.82 Å². The van der Waals surface area contributed by atoms with Crippen molar-refractivity contribution in [3.63, 3.8) is 0 Å². The Morgan fingerprint density at radius 1 is 0.967 bits per heavy atom. The molecule has 0 unspecified atom stereocenters. The van der Waals surface area contributed by atoms with Crippen molar-refractivity contribution in [2.75, 3.05) is 0 Å². The van der Waals surface area contributed by atoms with Crippen LogP contribution in [-0.2, 0) is 13.7 Å². The lowest BCUT2D eigenvalue weighted by Crippen LogP contribution is -2.08. The lowest BCUT2D eigenvalue weighted by atomic mass is 10.1. The van der Waals surface area contributed by atoms with Gasteiger partial charge in [0.15, 0.2) is 17.3 Å². The van der Waals surface area contributed by atoms with Crippen molar-refractivity contribution in [1.82, 2.24) is 34.6 Å². The Labute approximate surface area is 170 Å². The number of aryl methyl sites for hydroxylation is 1. The van der Waals surface area contributed by atoms with Crippen LogP contribution in [0.5, 0.6) is 5.88 Å². The fourth-order valence-corrected chi connectivity index (χ4v) is 3.14. The number of hydrogen-bond acceptors (Lipinski definition) is 6. The van der Waals surface area contributed by atoms with Crippen molar-refractivity contribution in [2.24, 2.45) is 7.05 Å². The van der Waals surface area contributed by atoms with E-state index in [9.17, 15) is 4.39 Å². The largest absolute Gasteiger partial charge is 0.468 e. The fourth-order valence-electron chi connectivity index (χ4n) is 3.14. The third kappa shape index (κ3) is 3.16. The van der Waals surface area contributed by atoms with Crippen LogP contribution in [0.4, 0.5) is 4.39 Å². The van der Waals surface area contributed by atoms with Gasteiger partial charge >= 0.3 is 0 Å². The summed E-state index contributed by atoms with van der Waals surface area (Å²) in [6.07, 6.45) is 1.46. The van der Waals surface area contributed by atoms with E-state index >= 15 is 0 Å². The van der Waals surface area contributed by atoms with Gasteiger partial charge in [0, 0.05) is 12.6 Å². The highest BCUT2D eigenvalue weighted by molar-refractivity contribution is 5.73. The van der Waals surface area contributed by atoms with Crippen LogP contribution in [0.3, 0.4) is 0 Å². The van der Waals surface area contributed by atoms with E-state index in [0.29, 0.717) is 28.7 Å². The maximum Gasteiger partial charge on any atom is 0.240 e. The van der Waals surface area contributed by atoms with E-state index in [1.807, 2.05) is 36.4 Å². The van der Waals surface area contributed by atoms with Gasteiger partial charge in [-0.25, -0.2) is 9.37 Å². The molecule has 3 aromatic heterocycles. The number of rotatable bonds is 5. The number of aromatic nitrogens is 7. The van der Waals surface area contributed by atoms with Gasteiger partial charge in [0.1, 0.15) is 18.8 Å². The molecule has 2 aromatic carbocycles. The molecule has 8 nitrogen and oxygen atoms in total. The van der Waals surface area contributed by atoms with Crippen molar-refractivity contribution in [3.8, 4) is 28.4 Å². The molecule has 0 radical (unpaired) electrons. The number of hydrogen-bond donors (Lipinski definition) is 0. The molecule has 0 aliphatic heterocycles. The first-order valence-electron chi connectivity index (χ1n) is 9.23. The lowest BCUT2D eigenvalue weighted by molar-refractivity contribution is 0.275. The van der Waals surface area contributed by atoms with E-state index in [1.54, 1.807) is 29.9 Å². The Balaban J connectivity index is 1.65. The summed E-state index contributed by atoms with van der Waals surface area (Å²) in [6.45, 7) is 0.173. The van der Waals surface area contributed by atoms with Gasteiger partial charge in [-0.05, 0) is 23.8 Å². The van der Waals surface area contributed by atoms with Gasteiger partial charge < -0.3 is 4.74 Å². The quantitative estimate of drug-likeness (QED) is 0.449. The molecule has 0 saturated carbocycles. The van der Waals surface area contributed by atoms with E-state index in [4.69, 9.17) is 4.74 Å². The van der Waals surface area contributed by atoms with Gasteiger partial charge in [-0.3, -0.25) is 4.68 Å². The highest BCUT2D eigenvalue weighted by Gasteiger charge is 2.18. The van der Waals surface area contributed by atoms with Gasteiger partial charge in [-0.1, -0.05) is 42.5 Å². The summed E-state index contributed by atoms with van der Waals surface area (Å²) in [7, 11) is 1.79. The number of fused-ring (bicyclic) bond motifs is 1. The number of nitrogens with zero attached hydrogens (tertiary/aromatic N) is 7. The maximum atomic E-state index is 14.3. The molecule has 3 heterocycles. The van der Waals surface area contributed by atoms with Crippen LogP contribution >= 0.6 is 0 Å². The molecule has 0 spiro atoms. The van der Waals surface area contributed by atoms with Crippen LogP contribution in [0.25, 0.3) is 28.2 Å². The molecular weight excluding hydrogens is 385 g/mol. The molecule has 5 aromatic rings. The standard InChI is InChI=1S/C21H16FN7O/c1-28-19(23-13-24-28)12-30-21-16(14-7-3-2-4-8-14)11-18-25-26-20(29(18)27-21)15-9-5-6-10-17(15)22/h2-11,13H,12H2,1H3. The minimum Gasteiger partial charge on any atom is -0.468 e. The second kappa shape index (κ2) is 7.36. The van der Waals surface area contributed by atoms with E-state index in [-0.39, 0.29) is 6.61 Å². The SMILES string of the molecule is Cn1ncnc1COc1nn2c(-c3ccccc3F)nnc2cc1-c1ccccc1. The van der Waals surface area contributed by atoms with Crippen LogP contribution in [0.2, 0.25) is 0 Å². The van der Waals surface area contributed by atoms with Crippen LogP contribution in [-0.4, -0.2) is 34.6 Å². The number of ether oxygens (including phenoxy) is 1. The highest BCUT2D eigenvalue weighted by atomic mass is 19.1. The summed E-state index contributed by atoms with van der Waals surface area (Å²) in [5, 5.41) is 17.0. The zero-order valence-corrected chi connectivity index (χ0v) is 16.0. The molecule has 9 heteroatoms. The third-order valence-electron chi connectivity index (χ3n) is 4.70. The second-order valence-corrected chi connectivity index (χ2v) is 6.59. The summed E-state index contributed by atoms with van der Waals surface area (Å²) in [5.74, 6) is 0.900. The Kier molecular flexibility index (Phi) is 4.40. The van der Waals surface area contributed by atoms with Crippen LogP contribution in [0, 0.1) is 5.82 Å². The monoisotopic (exact) mass is 401 g/mol. The molecule has 0 saturated heterocycles. The molecule has 0 N–H and O–H groups in total. The molecule has 30 heavy (non-hydrogen) atoms. The Morgan fingerprint density at radius 2 is 1.77 bits per heavy atom. The first-order valence-corrected chi connectivity index (χ1v) is 9.23. The van der Waals surface area contributed by atoms with Crippen molar-refractivity contribution in [3.05, 3.63) is 78.6 Å². The number of halogens is 1. The minimum absolute atomic E-state index is 0.173. The zero-order chi connectivity index (χ0) is 20.5. The third-order valence-corrected chi connectivity index (χ3v) is 4.70. The van der Waals surface area contributed by atoms with Crippen molar-refractivity contribution in [1.29, 1.82) is 0 Å². The molecule has 0 amide bonds. The molecule has 148 valence electrons. The zero-order valence-electron chi connectivity index (χ0n) is 16.0. The summed E-state index contributed by atoms with van der Waals surface area (Å²) in [4.78, 5) is 4.18. The van der Waals surface area contributed by atoms with E-state index in [1.165, 1.54) is 16.9 Å². The first kappa shape index (κ1) is 17.9. The first-order chi connectivity index (χ1) is 14.7. The van der Waals surface area contributed by atoms with Crippen LogP contribution in [0.15, 0.2) is 67.0 Å². The minimum atomic E-state index is -0.401. The average molecular weight is 401 g/mol. The van der Waals surface area contributed by atoms with E-state index in [0.717, 1.165) is 11.1 Å². The summed E-state index contributed by atoms with van der Waals surface area (Å²) in [6, 6.07) is 17.9. The van der Waals surface area contributed by atoms with Gasteiger partial charge in [0.2, 0.25) is 5.88 Å². The maximum absolute atomic E-state index is 14.3. The average Bonchev–Trinajstić information content (AvgIpc) is 3.38. The molecular formula is C21H16FN7O. The van der Waals surface area contributed by atoms with Gasteiger partial charge in [0.05, 0.1) is 5.56 Å². The van der Waals surface area contributed by atoms with Crippen molar-refractivity contribution < 1.29 is 9.13 Å². The smallest absolute Gasteiger partial charge is 0.240 e. The topological polar surface area (TPSA) is 83.0 Å². The van der Waals surface area contributed by atoms with Crippen LogP contribution < -0.4 is 4.74 Å². The summed E-state index contributed by atoms with van der Waals surface area (Å²) >= 11 is 0. The van der Waals surface area contributed by atoms with Gasteiger partial charge in [-0.2, -0.15) is 9.61 Å². The summed E-state index contributed by atoms with van der Waals surface area (Å²) in [5.41, 5.74) is 2.45. The van der Waals surface area contributed by atoms with Crippen molar-refractivity contribution >= 4 is 5.65 Å². The van der Waals surface area contributed by atoms with E-state index < -0.39 is 5.82 Å². The van der Waals surface area contributed by atoms with E-state index in [2.05, 4.69) is 25.4 Å². The van der Waals surface area contributed by atoms with Gasteiger partial charge in [0.25, 0.3) is 0 Å². The lowest BCUT2D eigenvalue weighted by Gasteiger charge is -2.11.